The molecule has 1 aliphatic heterocycles. The number of rotatable bonds is 6. The monoisotopic (exact) mass is 314 g/mol. The van der Waals surface area contributed by atoms with E-state index in [0.29, 0.717) is 35.3 Å². The van der Waals surface area contributed by atoms with Gasteiger partial charge in [0.25, 0.3) is 0 Å². The van der Waals surface area contributed by atoms with E-state index in [1.165, 1.54) is 0 Å². The van der Waals surface area contributed by atoms with Gasteiger partial charge in [-0.3, -0.25) is 5.10 Å². The molecule has 2 N–H and O–H groups in total. The molecule has 0 radical (unpaired) electrons. The Hall–Kier alpha value is -0.920. The van der Waals surface area contributed by atoms with E-state index in [-0.39, 0.29) is 0 Å². The molecule has 2 heterocycles. The number of nitrogens with one attached hydrogen (secondary N) is 2. The minimum atomic E-state index is -3.46. The fraction of sp³-hybridized carbons (Fsp3) is 0.786. The van der Waals surface area contributed by atoms with Crippen molar-refractivity contribution in [3.05, 3.63) is 11.4 Å². The summed E-state index contributed by atoms with van der Waals surface area (Å²) in [6, 6.07) is 0. The Bertz CT molecular complexity index is 542. The van der Waals surface area contributed by atoms with Gasteiger partial charge in [-0.1, -0.05) is 6.92 Å². The van der Waals surface area contributed by atoms with Gasteiger partial charge in [0.15, 0.2) is 0 Å². The molecule has 0 spiro atoms. The predicted molar refractivity (Wildman–Crippen MR) is 82.7 cm³/mol. The smallest absolute Gasteiger partial charge is 0.246 e. The lowest BCUT2D eigenvalue weighted by Crippen LogP contribution is -2.40. The lowest BCUT2D eigenvalue weighted by Gasteiger charge is -2.29. The van der Waals surface area contributed by atoms with Crippen LogP contribution in [0.4, 0.5) is 0 Å². The van der Waals surface area contributed by atoms with Gasteiger partial charge in [-0.2, -0.15) is 9.40 Å². The summed E-state index contributed by atoms with van der Waals surface area (Å²) in [5.41, 5.74) is 1.18. The van der Waals surface area contributed by atoms with E-state index in [0.717, 1.165) is 32.4 Å². The van der Waals surface area contributed by atoms with Crippen LogP contribution in [0.1, 0.15) is 37.6 Å². The average molecular weight is 314 g/mol. The highest BCUT2D eigenvalue weighted by atomic mass is 32.2. The van der Waals surface area contributed by atoms with Crippen LogP contribution in [0.15, 0.2) is 4.90 Å². The number of H-pyrrole nitrogens is 1. The van der Waals surface area contributed by atoms with Gasteiger partial charge < -0.3 is 5.32 Å². The van der Waals surface area contributed by atoms with Crippen LogP contribution in [-0.2, 0) is 10.0 Å². The number of hydrogen-bond donors (Lipinski definition) is 2. The molecule has 0 atom stereocenters. The Balaban J connectivity index is 2.23. The van der Waals surface area contributed by atoms with Crippen molar-refractivity contribution in [2.24, 2.45) is 5.92 Å². The Morgan fingerprint density at radius 2 is 1.95 bits per heavy atom. The van der Waals surface area contributed by atoms with Crippen molar-refractivity contribution < 1.29 is 8.42 Å². The third-order valence-corrected chi connectivity index (χ3v) is 6.18. The summed E-state index contributed by atoms with van der Waals surface area (Å²) in [5.74, 6) is 0.445. The van der Waals surface area contributed by atoms with Crippen LogP contribution in [0.25, 0.3) is 0 Å². The summed E-state index contributed by atoms with van der Waals surface area (Å²) in [5, 5.41) is 10.1. The number of sulfonamides is 1. The third kappa shape index (κ3) is 3.64. The van der Waals surface area contributed by atoms with E-state index in [9.17, 15) is 8.42 Å². The van der Waals surface area contributed by atoms with Gasteiger partial charge in [0.1, 0.15) is 4.90 Å². The minimum absolute atomic E-state index is 0.352. The van der Waals surface area contributed by atoms with Gasteiger partial charge in [-0.15, -0.1) is 0 Å². The van der Waals surface area contributed by atoms with Crippen molar-refractivity contribution in [2.75, 3.05) is 26.2 Å². The first-order chi connectivity index (χ1) is 9.96. The van der Waals surface area contributed by atoms with Crippen molar-refractivity contribution in [2.45, 2.75) is 44.9 Å². The maximum absolute atomic E-state index is 12.9. The summed E-state index contributed by atoms with van der Waals surface area (Å²) < 4.78 is 27.5. The van der Waals surface area contributed by atoms with Crippen molar-refractivity contribution >= 4 is 10.0 Å². The highest BCUT2D eigenvalue weighted by Gasteiger charge is 2.31. The van der Waals surface area contributed by atoms with Crippen LogP contribution >= 0.6 is 0 Å². The van der Waals surface area contributed by atoms with Gasteiger partial charge in [0, 0.05) is 13.1 Å². The molecule has 0 aromatic carbocycles. The van der Waals surface area contributed by atoms with Crippen LogP contribution < -0.4 is 5.32 Å². The molecule has 1 fully saturated rings. The van der Waals surface area contributed by atoms with Gasteiger partial charge in [0.05, 0.1) is 11.4 Å². The first kappa shape index (κ1) is 16.5. The Labute approximate surface area is 127 Å². The summed E-state index contributed by atoms with van der Waals surface area (Å²) in [7, 11) is -3.46. The van der Waals surface area contributed by atoms with Crippen LogP contribution in [0.5, 0.6) is 0 Å². The van der Waals surface area contributed by atoms with Crippen LogP contribution in [-0.4, -0.2) is 49.1 Å². The van der Waals surface area contributed by atoms with E-state index < -0.39 is 10.0 Å². The lowest BCUT2D eigenvalue weighted by atomic mass is 9.98. The highest BCUT2D eigenvalue weighted by Crippen LogP contribution is 2.24. The molecule has 0 aliphatic carbocycles. The molecule has 6 nitrogen and oxygen atoms in total. The van der Waals surface area contributed by atoms with Crippen LogP contribution in [0.3, 0.4) is 0 Å². The van der Waals surface area contributed by atoms with E-state index in [1.54, 1.807) is 18.2 Å². The normalized spacial score (nSPS) is 17.5. The molecule has 120 valence electrons. The molecule has 1 saturated heterocycles. The SMILES string of the molecule is CCCN(CC1CCNCC1)S(=O)(=O)c1c(C)n[nH]c1C. The number of aryl methyl sites for hydroxylation is 2. The van der Waals surface area contributed by atoms with E-state index in [1.807, 2.05) is 6.92 Å². The first-order valence-electron chi connectivity index (χ1n) is 7.69. The second-order valence-electron chi connectivity index (χ2n) is 5.82. The maximum Gasteiger partial charge on any atom is 0.246 e. The lowest BCUT2D eigenvalue weighted by molar-refractivity contribution is 0.288. The van der Waals surface area contributed by atoms with Gasteiger partial charge in [0.2, 0.25) is 10.0 Å². The zero-order chi connectivity index (χ0) is 15.5. The average Bonchev–Trinajstić information content (AvgIpc) is 2.79. The van der Waals surface area contributed by atoms with Crippen molar-refractivity contribution in [1.29, 1.82) is 0 Å². The number of piperidine rings is 1. The van der Waals surface area contributed by atoms with Gasteiger partial charge >= 0.3 is 0 Å². The fourth-order valence-corrected chi connectivity index (χ4v) is 4.90. The van der Waals surface area contributed by atoms with Crippen molar-refractivity contribution in [1.82, 2.24) is 19.8 Å². The van der Waals surface area contributed by atoms with E-state index in [2.05, 4.69) is 15.5 Å². The van der Waals surface area contributed by atoms with Crippen molar-refractivity contribution in [3.8, 4) is 0 Å². The quantitative estimate of drug-likeness (QED) is 0.832. The number of aromatic amines is 1. The molecule has 0 unspecified atom stereocenters. The zero-order valence-electron chi connectivity index (χ0n) is 13.1. The summed E-state index contributed by atoms with van der Waals surface area (Å²) >= 11 is 0. The standard InChI is InChI=1S/C14H26N4O2S/c1-4-9-18(10-13-5-7-15-8-6-13)21(19,20)14-11(2)16-17-12(14)3/h13,15H,4-10H2,1-3H3,(H,16,17). The Kier molecular flexibility index (Phi) is 5.40. The topological polar surface area (TPSA) is 78.1 Å². The molecular weight excluding hydrogens is 288 g/mol. The summed E-state index contributed by atoms with van der Waals surface area (Å²) in [6.07, 6.45) is 2.90. The van der Waals surface area contributed by atoms with Gasteiger partial charge in [-0.05, 0) is 52.1 Å². The largest absolute Gasteiger partial charge is 0.317 e. The maximum atomic E-state index is 12.9. The fourth-order valence-electron chi connectivity index (χ4n) is 2.96. The molecule has 1 aliphatic rings. The van der Waals surface area contributed by atoms with E-state index >= 15 is 0 Å². The summed E-state index contributed by atoms with van der Waals surface area (Å²) in [4.78, 5) is 0.352. The van der Waals surface area contributed by atoms with Crippen molar-refractivity contribution in [3.63, 3.8) is 0 Å². The second-order valence-corrected chi connectivity index (χ2v) is 7.69. The van der Waals surface area contributed by atoms with Crippen LogP contribution in [0.2, 0.25) is 0 Å². The van der Waals surface area contributed by atoms with Gasteiger partial charge in [-0.25, -0.2) is 8.42 Å². The minimum Gasteiger partial charge on any atom is -0.317 e. The molecule has 0 bridgehead atoms. The Morgan fingerprint density at radius 1 is 1.29 bits per heavy atom. The number of aromatic nitrogens is 2. The number of hydrogen-bond acceptors (Lipinski definition) is 4. The molecule has 0 saturated carbocycles. The molecule has 2 rings (SSSR count). The molecule has 1 aromatic heterocycles. The van der Waals surface area contributed by atoms with Crippen LogP contribution in [0, 0.1) is 19.8 Å². The zero-order valence-corrected chi connectivity index (χ0v) is 14.0. The summed E-state index contributed by atoms with van der Waals surface area (Å²) in [6.45, 7) is 8.66. The first-order valence-corrected chi connectivity index (χ1v) is 9.13. The highest BCUT2D eigenvalue weighted by molar-refractivity contribution is 7.89. The second kappa shape index (κ2) is 6.89. The number of nitrogens with zero attached hydrogens (tertiary/aromatic N) is 2. The Morgan fingerprint density at radius 3 is 2.48 bits per heavy atom. The molecule has 1 aromatic rings. The molecule has 21 heavy (non-hydrogen) atoms. The molecule has 0 amide bonds. The predicted octanol–water partition coefficient (Wildman–Crippen LogP) is 1.43. The van der Waals surface area contributed by atoms with E-state index in [4.69, 9.17) is 0 Å². The molecular formula is C14H26N4O2S. The molecule has 7 heteroatoms. The third-order valence-electron chi connectivity index (χ3n) is 4.05.